The number of nitro benzene ring substituents is 1. The summed E-state index contributed by atoms with van der Waals surface area (Å²) in [4.78, 5) is 22.6. The van der Waals surface area contributed by atoms with Gasteiger partial charge in [0.2, 0.25) is 5.91 Å². The van der Waals surface area contributed by atoms with Gasteiger partial charge < -0.3 is 15.4 Å². The molecule has 10 heteroatoms. The number of hydrogen-bond donors (Lipinski definition) is 2. The van der Waals surface area contributed by atoms with Crippen molar-refractivity contribution in [2.75, 3.05) is 17.7 Å². The first-order valence-corrected chi connectivity index (χ1v) is 8.10. The molecule has 0 aliphatic rings. The Balaban J connectivity index is 2.22. The molecule has 2 aromatic rings. The van der Waals surface area contributed by atoms with Gasteiger partial charge in [-0.1, -0.05) is 6.07 Å². The Hall–Kier alpha value is -3.30. The first kappa shape index (κ1) is 21.0. The van der Waals surface area contributed by atoms with Crippen molar-refractivity contribution in [1.82, 2.24) is 0 Å². The third-order valence-electron chi connectivity index (χ3n) is 3.90. The quantitative estimate of drug-likeness (QED) is 0.558. The van der Waals surface area contributed by atoms with Crippen LogP contribution in [0.3, 0.4) is 0 Å². The topological polar surface area (TPSA) is 93.5 Å². The van der Waals surface area contributed by atoms with Gasteiger partial charge in [-0.05, 0) is 43.7 Å². The van der Waals surface area contributed by atoms with E-state index in [1.807, 2.05) is 6.92 Å². The number of nitrogens with zero attached hydrogens (tertiary/aromatic N) is 1. The van der Waals surface area contributed by atoms with Gasteiger partial charge in [0.15, 0.2) is 0 Å². The van der Waals surface area contributed by atoms with Crippen LogP contribution in [0.25, 0.3) is 0 Å². The number of benzene rings is 2. The van der Waals surface area contributed by atoms with Gasteiger partial charge in [-0.15, -0.1) is 0 Å². The molecule has 0 fully saturated rings. The minimum Gasteiger partial charge on any atom is -0.495 e. The Labute approximate surface area is 158 Å². The molecule has 0 saturated carbocycles. The van der Waals surface area contributed by atoms with E-state index >= 15 is 0 Å². The Morgan fingerprint density at radius 1 is 1.18 bits per heavy atom. The molecular formula is C18H18F3N3O4. The number of hydrogen-bond acceptors (Lipinski definition) is 5. The van der Waals surface area contributed by atoms with E-state index < -0.39 is 34.3 Å². The van der Waals surface area contributed by atoms with Crippen LogP contribution in [0.2, 0.25) is 0 Å². The van der Waals surface area contributed by atoms with Crippen molar-refractivity contribution in [1.29, 1.82) is 0 Å². The Morgan fingerprint density at radius 3 is 2.43 bits per heavy atom. The number of rotatable bonds is 6. The third-order valence-corrected chi connectivity index (χ3v) is 3.90. The fourth-order valence-corrected chi connectivity index (χ4v) is 2.44. The lowest BCUT2D eigenvalue weighted by molar-refractivity contribution is -0.384. The standard InChI is InChI=1S/C18H18F3N3O4/c1-10-4-7-16(28-3)14(8-10)23-17(25)11(2)22-13-6-5-12(18(19,20)21)9-15(13)24(26)27/h4-9,11,22H,1-3H3,(H,23,25)/t11-/m1/s1. The molecule has 1 atom stereocenters. The van der Waals surface area contributed by atoms with E-state index in [4.69, 9.17) is 4.74 Å². The number of carbonyl (C=O) groups excluding carboxylic acids is 1. The van der Waals surface area contributed by atoms with Crippen molar-refractivity contribution in [3.05, 3.63) is 57.6 Å². The zero-order valence-electron chi connectivity index (χ0n) is 15.3. The van der Waals surface area contributed by atoms with Gasteiger partial charge in [0.1, 0.15) is 17.5 Å². The molecular weight excluding hydrogens is 379 g/mol. The molecule has 28 heavy (non-hydrogen) atoms. The first-order valence-electron chi connectivity index (χ1n) is 8.10. The van der Waals surface area contributed by atoms with Crippen LogP contribution in [0.5, 0.6) is 5.75 Å². The van der Waals surface area contributed by atoms with Crippen LogP contribution in [-0.4, -0.2) is 24.0 Å². The van der Waals surface area contributed by atoms with Gasteiger partial charge in [0.25, 0.3) is 5.69 Å². The number of anilines is 2. The lowest BCUT2D eigenvalue weighted by atomic mass is 10.1. The number of amides is 1. The highest BCUT2D eigenvalue weighted by atomic mass is 19.4. The maximum absolute atomic E-state index is 12.8. The molecule has 0 saturated heterocycles. The lowest BCUT2D eigenvalue weighted by Gasteiger charge is -2.17. The zero-order chi connectivity index (χ0) is 21.1. The number of carbonyl (C=O) groups is 1. The van der Waals surface area contributed by atoms with Crippen molar-refractivity contribution in [2.45, 2.75) is 26.1 Å². The number of halogens is 3. The molecule has 0 aliphatic heterocycles. The molecule has 2 rings (SSSR count). The second kappa shape index (κ2) is 8.15. The molecule has 0 heterocycles. The van der Waals surface area contributed by atoms with Crippen LogP contribution in [0.4, 0.5) is 30.2 Å². The SMILES string of the molecule is COc1ccc(C)cc1NC(=O)[C@@H](C)Nc1ccc(C(F)(F)F)cc1[N+](=O)[O-]. The summed E-state index contributed by atoms with van der Waals surface area (Å²) in [5.74, 6) is -0.121. The summed E-state index contributed by atoms with van der Waals surface area (Å²) in [5, 5.41) is 16.4. The lowest BCUT2D eigenvalue weighted by Crippen LogP contribution is -2.32. The van der Waals surface area contributed by atoms with Gasteiger partial charge in [-0.2, -0.15) is 13.2 Å². The predicted molar refractivity (Wildman–Crippen MR) is 97.5 cm³/mol. The molecule has 0 radical (unpaired) electrons. The fraction of sp³-hybridized carbons (Fsp3) is 0.278. The minimum absolute atomic E-state index is 0.197. The van der Waals surface area contributed by atoms with Crippen LogP contribution >= 0.6 is 0 Å². The van der Waals surface area contributed by atoms with E-state index in [2.05, 4.69) is 10.6 Å². The van der Waals surface area contributed by atoms with E-state index in [0.29, 0.717) is 23.6 Å². The predicted octanol–water partition coefficient (Wildman–Crippen LogP) is 4.37. The number of methoxy groups -OCH3 is 1. The number of nitro groups is 1. The highest BCUT2D eigenvalue weighted by molar-refractivity contribution is 5.97. The van der Waals surface area contributed by atoms with Crippen molar-refractivity contribution >= 4 is 23.0 Å². The molecule has 2 aromatic carbocycles. The maximum Gasteiger partial charge on any atom is 0.416 e. The second-order valence-electron chi connectivity index (χ2n) is 6.05. The van der Waals surface area contributed by atoms with Crippen LogP contribution in [0.1, 0.15) is 18.1 Å². The van der Waals surface area contributed by atoms with Crippen molar-refractivity contribution < 1.29 is 27.6 Å². The normalized spacial score (nSPS) is 12.2. The molecule has 1 amide bonds. The van der Waals surface area contributed by atoms with Crippen LogP contribution in [0, 0.1) is 17.0 Å². The van der Waals surface area contributed by atoms with E-state index in [-0.39, 0.29) is 5.69 Å². The van der Waals surface area contributed by atoms with Crippen LogP contribution in [-0.2, 0) is 11.0 Å². The van der Waals surface area contributed by atoms with E-state index in [9.17, 15) is 28.1 Å². The molecule has 150 valence electrons. The molecule has 0 spiro atoms. The highest BCUT2D eigenvalue weighted by Crippen LogP contribution is 2.35. The number of aryl methyl sites for hydroxylation is 1. The van der Waals surface area contributed by atoms with Gasteiger partial charge >= 0.3 is 6.18 Å². The molecule has 0 aromatic heterocycles. The van der Waals surface area contributed by atoms with Crippen molar-refractivity contribution in [3.63, 3.8) is 0 Å². The van der Waals surface area contributed by atoms with E-state index in [0.717, 1.165) is 11.6 Å². The number of ether oxygens (including phenoxy) is 1. The summed E-state index contributed by atoms with van der Waals surface area (Å²) >= 11 is 0. The fourth-order valence-electron chi connectivity index (χ4n) is 2.44. The van der Waals surface area contributed by atoms with Gasteiger partial charge in [-0.3, -0.25) is 14.9 Å². The Kier molecular flexibility index (Phi) is 6.12. The molecule has 0 aliphatic carbocycles. The zero-order valence-corrected chi connectivity index (χ0v) is 15.3. The average Bonchev–Trinajstić information content (AvgIpc) is 2.61. The number of nitrogens with one attached hydrogen (secondary N) is 2. The van der Waals surface area contributed by atoms with E-state index in [1.165, 1.54) is 14.0 Å². The molecule has 7 nitrogen and oxygen atoms in total. The van der Waals surface area contributed by atoms with Crippen molar-refractivity contribution in [3.8, 4) is 5.75 Å². The third kappa shape index (κ3) is 4.90. The van der Waals surface area contributed by atoms with E-state index in [1.54, 1.807) is 18.2 Å². The summed E-state index contributed by atoms with van der Waals surface area (Å²) in [5.41, 5.74) is -0.844. The second-order valence-corrected chi connectivity index (χ2v) is 6.05. The molecule has 0 bridgehead atoms. The Morgan fingerprint density at radius 2 is 1.86 bits per heavy atom. The maximum atomic E-state index is 12.8. The largest absolute Gasteiger partial charge is 0.495 e. The summed E-state index contributed by atoms with van der Waals surface area (Å²) in [6.07, 6.45) is -4.71. The monoisotopic (exact) mass is 397 g/mol. The van der Waals surface area contributed by atoms with Crippen LogP contribution in [0.15, 0.2) is 36.4 Å². The summed E-state index contributed by atoms with van der Waals surface area (Å²) in [6.45, 7) is 3.25. The molecule has 2 N–H and O–H groups in total. The average molecular weight is 397 g/mol. The minimum atomic E-state index is -4.71. The smallest absolute Gasteiger partial charge is 0.416 e. The van der Waals surface area contributed by atoms with Crippen molar-refractivity contribution in [2.24, 2.45) is 0 Å². The van der Waals surface area contributed by atoms with Gasteiger partial charge in [0, 0.05) is 6.07 Å². The Bertz CT molecular complexity index is 900. The molecule has 0 unspecified atom stereocenters. The van der Waals surface area contributed by atoms with Crippen LogP contribution < -0.4 is 15.4 Å². The van der Waals surface area contributed by atoms with Gasteiger partial charge in [-0.25, -0.2) is 0 Å². The first-order chi connectivity index (χ1) is 13.0. The highest BCUT2D eigenvalue weighted by Gasteiger charge is 2.33. The van der Waals surface area contributed by atoms with Gasteiger partial charge in [0.05, 0.1) is 23.3 Å². The summed E-state index contributed by atoms with van der Waals surface area (Å²) in [6, 6.07) is 6.24. The summed E-state index contributed by atoms with van der Waals surface area (Å²) < 4.78 is 43.5. The summed E-state index contributed by atoms with van der Waals surface area (Å²) in [7, 11) is 1.44. The number of alkyl halides is 3.